The van der Waals surface area contributed by atoms with Gasteiger partial charge in [0.05, 0.1) is 24.5 Å². The molecule has 0 saturated carbocycles. The molecule has 0 bridgehead atoms. The van der Waals surface area contributed by atoms with Gasteiger partial charge in [0.25, 0.3) is 0 Å². The van der Waals surface area contributed by atoms with Gasteiger partial charge in [0.2, 0.25) is 0 Å². The number of nitrogens with zero attached hydrogens (tertiary/aromatic N) is 1. The van der Waals surface area contributed by atoms with Crippen molar-refractivity contribution in [2.24, 2.45) is 0 Å². The number of methoxy groups -OCH3 is 1. The Hall–Kier alpha value is -2.10. The van der Waals surface area contributed by atoms with E-state index in [0.29, 0.717) is 5.69 Å². The molecule has 1 aromatic heterocycles. The minimum atomic E-state index is -0.493. The Morgan fingerprint density at radius 1 is 1.40 bits per heavy atom. The highest BCUT2D eigenvalue weighted by molar-refractivity contribution is 5.88. The number of anilines is 1. The molecule has 0 aliphatic heterocycles. The van der Waals surface area contributed by atoms with Gasteiger partial charge < -0.3 is 4.74 Å². The van der Waals surface area contributed by atoms with Crippen LogP contribution in [0.3, 0.4) is 0 Å². The van der Waals surface area contributed by atoms with E-state index in [-0.39, 0.29) is 0 Å². The molecule has 1 heterocycles. The van der Waals surface area contributed by atoms with E-state index < -0.39 is 6.09 Å². The minimum Gasteiger partial charge on any atom is -0.453 e. The standard InChI is InChI=1S/C11H10N2O2/c1-15-11(14)13-9-6-8-4-2-3-5-10(8)12-7-9/h2-7H,1H3,(H,13,14). The van der Waals surface area contributed by atoms with E-state index in [4.69, 9.17) is 0 Å². The summed E-state index contributed by atoms with van der Waals surface area (Å²) in [7, 11) is 1.32. The number of hydrogen-bond acceptors (Lipinski definition) is 3. The van der Waals surface area contributed by atoms with E-state index in [1.165, 1.54) is 7.11 Å². The van der Waals surface area contributed by atoms with Crippen LogP contribution in [0.5, 0.6) is 0 Å². The number of ether oxygens (including phenoxy) is 1. The number of hydrogen-bond donors (Lipinski definition) is 1. The molecule has 0 saturated heterocycles. The summed E-state index contributed by atoms with van der Waals surface area (Å²) in [5, 5.41) is 3.54. The van der Waals surface area contributed by atoms with Gasteiger partial charge in [0.15, 0.2) is 0 Å². The Balaban J connectivity index is 2.34. The Kier molecular flexibility index (Phi) is 2.49. The number of fused-ring (bicyclic) bond motifs is 1. The lowest BCUT2D eigenvalue weighted by atomic mass is 10.2. The predicted molar refractivity (Wildman–Crippen MR) is 57.8 cm³/mol. The second kappa shape index (κ2) is 3.96. The van der Waals surface area contributed by atoms with Gasteiger partial charge in [-0.05, 0) is 12.1 Å². The number of rotatable bonds is 1. The largest absolute Gasteiger partial charge is 0.453 e. The molecule has 1 aromatic carbocycles. The van der Waals surface area contributed by atoms with Crippen LogP contribution in [0.2, 0.25) is 0 Å². The lowest BCUT2D eigenvalue weighted by molar-refractivity contribution is 0.187. The van der Waals surface area contributed by atoms with Gasteiger partial charge in [-0.25, -0.2) is 4.79 Å². The molecule has 76 valence electrons. The van der Waals surface area contributed by atoms with E-state index in [0.717, 1.165) is 10.9 Å². The molecular weight excluding hydrogens is 192 g/mol. The number of aromatic nitrogens is 1. The van der Waals surface area contributed by atoms with E-state index in [2.05, 4.69) is 15.0 Å². The van der Waals surface area contributed by atoms with Crippen molar-refractivity contribution in [1.29, 1.82) is 0 Å². The average molecular weight is 202 g/mol. The fraction of sp³-hybridized carbons (Fsp3) is 0.0909. The number of amides is 1. The zero-order chi connectivity index (χ0) is 10.7. The number of carbonyl (C=O) groups excluding carboxylic acids is 1. The Bertz CT molecular complexity index is 497. The molecule has 15 heavy (non-hydrogen) atoms. The van der Waals surface area contributed by atoms with Gasteiger partial charge in [0.1, 0.15) is 0 Å². The summed E-state index contributed by atoms with van der Waals surface area (Å²) in [6.45, 7) is 0. The fourth-order valence-corrected chi connectivity index (χ4v) is 1.31. The lowest BCUT2D eigenvalue weighted by Gasteiger charge is -2.03. The molecule has 0 atom stereocenters. The quantitative estimate of drug-likeness (QED) is 0.772. The van der Waals surface area contributed by atoms with Crippen molar-refractivity contribution in [3.8, 4) is 0 Å². The normalized spacial score (nSPS) is 9.93. The van der Waals surface area contributed by atoms with Crippen LogP contribution >= 0.6 is 0 Å². The number of benzene rings is 1. The van der Waals surface area contributed by atoms with Gasteiger partial charge in [-0.15, -0.1) is 0 Å². The number of para-hydroxylation sites is 1. The molecule has 2 aromatic rings. The highest BCUT2D eigenvalue weighted by atomic mass is 16.5. The van der Waals surface area contributed by atoms with Crippen LogP contribution in [-0.2, 0) is 4.74 Å². The third-order valence-electron chi connectivity index (χ3n) is 2.02. The van der Waals surface area contributed by atoms with Crippen LogP contribution in [0.1, 0.15) is 0 Å². The van der Waals surface area contributed by atoms with Gasteiger partial charge in [0, 0.05) is 5.39 Å². The molecule has 1 N–H and O–H groups in total. The summed E-state index contributed by atoms with van der Waals surface area (Å²) >= 11 is 0. The molecule has 0 aliphatic rings. The first-order chi connectivity index (χ1) is 7.29. The van der Waals surface area contributed by atoms with E-state index >= 15 is 0 Å². The SMILES string of the molecule is COC(=O)Nc1cnc2ccccc2c1. The Morgan fingerprint density at radius 3 is 3.00 bits per heavy atom. The summed E-state index contributed by atoms with van der Waals surface area (Å²) in [6.07, 6.45) is 1.10. The van der Waals surface area contributed by atoms with Gasteiger partial charge in [-0.3, -0.25) is 10.3 Å². The second-order valence-corrected chi connectivity index (χ2v) is 3.03. The number of carbonyl (C=O) groups is 1. The third-order valence-corrected chi connectivity index (χ3v) is 2.02. The first-order valence-corrected chi connectivity index (χ1v) is 4.49. The fourth-order valence-electron chi connectivity index (χ4n) is 1.31. The maximum Gasteiger partial charge on any atom is 0.411 e. The molecule has 1 amide bonds. The molecule has 2 rings (SSSR count). The van der Waals surface area contributed by atoms with Crippen molar-refractivity contribution >= 4 is 22.7 Å². The van der Waals surface area contributed by atoms with E-state index in [9.17, 15) is 4.79 Å². The predicted octanol–water partition coefficient (Wildman–Crippen LogP) is 2.41. The molecule has 4 nitrogen and oxygen atoms in total. The van der Waals surface area contributed by atoms with Crippen molar-refractivity contribution in [2.45, 2.75) is 0 Å². The molecule has 0 unspecified atom stereocenters. The van der Waals surface area contributed by atoms with Crippen LogP contribution in [0.25, 0.3) is 10.9 Å². The first kappa shape index (κ1) is 9.45. The second-order valence-electron chi connectivity index (χ2n) is 3.03. The highest BCUT2D eigenvalue weighted by Crippen LogP contribution is 2.15. The van der Waals surface area contributed by atoms with Gasteiger partial charge in [-0.1, -0.05) is 18.2 Å². The van der Waals surface area contributed by atoms with Crippen LogP contribution in [-0.4, -0.2) is 18.2 Å². The minimum absolute atomic E-state index is 0.493. The van der Waals surface area contributed by atoms with E-state index in [1.54, 1.807) is 6.20 Å². The zero-order valence-corrected chi connectivity index (χ0v) is 8.23. The van der Waals surface area contributed by atoms with Crippen molar-refractivity contribution < 1.29 is 9.53 Å². The van der Waals surface area contributed by atoms with Crippen molar-refractivity contribution in [1.82, 2.24) is 4.98 Å². The van der Waals surface area contributed by atoms with Gasteiger partial charge >= 0.3 is 6.09 Å². The zero-order valence-electron chi connectivity index (χ0n) is 8.23. The topological polar surface area (TPSA) is 51.2 Å². The molecule has 0 fully saturated rings. The van der Waals surface area contributed by atoms with Crippen LogP contribution < -0.4 is 5.32 Å². The summed E-state index contributed by atoms with van der Waals surface area (Å²) < 4.78 is 4.49. The third kappa shape index (κ3) is 2.04. The Morgan fingerprint density at radius 2 is 2.20 bits per heavy atom. The summed E-state index contributed by atoms with van der Waals surface area (Å²) in [6, 6.07) is 9.54. The molecular formula is C11H10N2O2. The molecule has 0 radical (unpaired) electrons. The van der Waals surface area contributed by atoms with Gasteiger partial charge in [-0.2, -0.15) is 0 Å². The van der Waals surface area contributed by atoms with Crippen LogP contribution in [0.4, 0.5) is 10.5 Å². The summed E-state index contributed by atoms with van der Waals surface area (Å²) in [5.41, 5.74) is 1.52. The smallest absolute Gasteiger partial charge is 0.411 e. The molecule has 4 heteroatoms. The van der Waals surface area contributed by atoms with E-state index in [1.807, 2.05) is 30.3 Å². The Labute approximate surface area is 86.9 Å². The molecule has 0 spiro atoms. The summed E-state index contributed by atoms with van der Waals surface area (Å²) in [4.78, 5) is 15.2. The summed E-state index contributed by atoms with van der Waals surface area (Å²) in [5.74, 6) is 0. The van der Waals surface area contributed by atoms with Crippen molar-refractivity contribution in [2.75, 3.05) is 12.4 Å². The lowest BCUT2D eigenvalue weighted by Crippen LogP contribution is -2.10. The monoisotopic (exact) mass is 202 g/mol. The van der Waals surface area contributed by atoms with Crippen LogP contribution in [0, 0.1) is 0 Å². The molecule has 0 aliphatic carbocycles. The van der Waals surface area contributed by atoms with Crippen molar-refractivity contribution in [3.63, 3.8) is 0 Å². The average Bonchev–Trinajstić information content (AvgIpc) is 2.29. The first-order valence-electron chi connectivity index (χ1n) is 4.49. The maximum absolute atomic E-state index is 11.0. The number of pyridine rings is 1. The van der Waals surface area contributed by atoms with Crippen LogP contribution in [0.15, 0.2) is 36.5 Å². The maximum atomic E-state index is 11.0. The number of nitrogens with one attached hydrogen (secondary N) is 1. The van der Waals surface area contributed by atoms with Crippen molar-refractivity contribution in [3.05, 3.63) is 36.5 Å². The highest BCUT2D eigenvalue weighted by Gasteiger charge is 2.01.